The highest BCUT2D eigenvalue weighted by molar-refractivity contribution is 7.13. The summed E-state index contributed by atoms with van der Waals surface area (Å²) in [5.74, 6) is 0.516. The third kappa shape index (κ3) is 3.27. The number of thiazole rings is 1. The van der Waals surface area contributed by atoms with Gasteiger partial charge in [-0.3, -0.25) is 14.7 Å². The van der Waals surface area contributed by atoms with E-state index in [2.05, 4.69) is 58.4 Å². The topological polar surface area (TPSA) is 81.8 Å². The van der Waals surface area contributed by atoms with Gasteiger partial charge in [0.1, 0.15) is 5.01 Å². The average molecular weight is 368 g/mol. The van der Waals surface area contributed by atoms with Crippen molar-refractivity contribution in [3.63, 3.8) is 0 Å². The minimum Gasteiger partial charge on any atom is -0.310 e. The molecule has 1 aliphatic rings. The lowest BCUT2D eigenvalue weighted by Crippen LogP contribution is -2.25. The number of fused-ring (bicyclic) bond motifs is 1. The Hall–Kier alpha value is -2.51. The largest absolute Gasteiger partial charge is 0.325 e. The van der Waals surface area contributed by atoms with Crippen LogP contribution in [0.4, 0.5) is 0 Å². The second-order valence-electron chi connectivity index (χ2n) is 6.93. The summed E-state index contributed by atoms with van der Waals surface area (Å²) in [6.07, 6.45) is 0. The number of nitrogens with one attached hydrogen (secondary N) is 2. The van der Waals surface area contributed by atoms with E-state index in [9.17, 15) is 9.59 Å². The van der Waals surface area contributed by atoms with Gasteiger partial charge in [0.2, 0.25) is 0 Å². The van der Waals surface area contributed by atoms with Crippen LogP contribution in [0.3, 0.4) is 0 Å². The van der Waals surface area contributed by atoms with Crippen molar-refractivity contribution in [1.82, 2.24) is 19.9 Å². The molecule has 0 unspecified atom stereocenters. The van der Waals surface area contributed by atoms with Crippen molar-refractivity contribution in [2.45, 2.75) is 39.4 Å². The quantitative estimate of drug-likeness (QED) is 0.742. The Labute approximate surface area is 154 Å². The van der Waals surface area contributed by atoms with E-state index in [0.717, 1.165) is 16.3 Å². The second kappa shape index (κ2) is 6.66. The number of hydrogen-bond donors (Lipinski definition) is 2. The van der Waals surface area contributed by atoms with Crippen LogP contribution in [0, 0.1) is 0 Å². The molecule has 2 aromatic heterocycles. The summed E-state index contributed by atoms with van der Waals surface area (Å²) in [4.78, 5) is 35.1. The summed E-state index contributed by atoms with van der Waals surface area (Å²) in [6, 6.07) is 8.55. The van der Waals surface area contributed by atoms with Crippen molar-refractivity contribution >= 4 is 11.3 Å². The zero-order chi connectivity index (χ0) is 18.3. The molecule has 1 aliphatic heterocycles. The molecular weight excluding hydrogens is 348 g/mol. The zero-order valence-electron chi connectivity index (χ0n) is 14.7. The Balaban J connectivity index is 1.49. The van der Waals surface area contributed by atoms with Crippen LogP contribution in [-0.2, 0) is 19.6 Å². The van der Waals surface area contributed by atoms with Gasteiger partial charge in [0, 0.05) is 36.3 Å². The van der Waals surface area contributed by atoms with E-state index in [4.69, 9.17) is 4.98 Å². The number of rotatable bonds is 4. The maximum atomic E-state index is 11.9. The fraction of sp³-hybridized carbons (Fsp3) is 0.316. The first-order valence-corrected chi connectivity index (χ1v) is 9.49. The molecule has 3 aromatic rings. The first-order valence-electron chi connectivity index (χ1n) is 8.61. The molecule has 0 spiro atoms. The van der Waals surface area contributed by atoms with Gasteiger partial charge in [0.05, 0.1) is 11.3 Å². The van der Waals surface area contributed by atoms with Crippen LogP contribution in [-0.4, -0.2) is 19.9 Å². The van der Waals surface area contributed by atoms with Gasteiger partial charge in [0.25, 0.3) is 5.56 Å². The molecule has 0 atom stereocenters. The smallest absolute Gasteiger partial charge is 0.310 e. The van der Waals surface area contributed by atoms with Crippen LogP contribution < -0.4 is 11.2 Å². The van der Waals surface area contributed by atoms with E-state index in [1.807, 2.05) is 0 Å². The molecule has 0 bridgehead atoms. The van der Waals surface area contributed by atoms with Crippen molar-refractivity contribution < 1.29 is 0 Å². The van der Waals surface area contributed by atoms with Crippen molar-refractivity contribution in [1.29, 1.82) is 0 Å². The van der Waals surface area contributed by atoms with Crippen molar-refractivity contribution in [3.8, 4) is 10.6 Å². The molecule has 6 nitrogen and oxygen atoms in total. The summed E-state index contributed by atoms with van der Waals surface area (Å²) < 4.78 is 0. The molecule has 134 valence electrons. The van der Waals surface area contributed by atoms with Gasteiger partial charge in [-0.1, -0.05) is 38.1 Å². The average Bonchev–Trinajstić information content (AvgIpc) is 3.22. The lowest BCUT2D eigenvalue weighted by molar-refractivity contribution is 0.271. The molecule has 1 aromatic carbocycles. The Bertz CT molecular complexity index is 1050. The molecule has 0 amide bonds. The first kappa shape index (κ1) is 16.9. The van der Waals surface area contributed by atoms with Crippen molar-refractivity contribution in [2.24, 2.45) is 0 Å². The highest BCUT2D eigenvalue weighted by Gasteiger charge is 2.23. The van der Waals surface area contributed by atoms with E-state index in [1.165, 1.54) is 5.56 Å². The molecule has 3 heterocycles. The van der Waals surface area contributed by atoms with E-state index >= 15 is 0 Å². The Kier molecular flexibility index (Phi) is 4.34. The highest BCUT2D eigenvalue weighted by Crippen LogP contribution is 2.27. The van der Waals surface area contributed by atoms with E-state index in [-0.39, 0.29) is 5.56 Å². The first-order chi connectivity index (χ1) is 12.5. The van der Waals surface area contributed by atoms with Crippen molar-refractivity contribution in [2.75, 3.05) is 0 Å². The van der Waals surface area contributed by atoms with Gasteiger partial charge >= 0.3 is 5.69 Å². The zero-order valence-corrected chi connectivity index (χ0v) is 15.5. The maximum Gasteiger partial charge on any atom is 0.325 e. The highest BCUT2D eigenvalue weighted by atomic mass is 32.1. The summed E-state index contributed by atoms with van der Waals surface area (Å²) in [5, 5.41) is 3.06. The van der Waals surface area contributed by atoms with Gasteiger partial charge in [0.15, 0.2) is 0 Å². The fourth-order valence-electron chi connectivity index (χ4n) is 3.23. The van der Waals surface area contributed by atoms with Gasteiger partial charge in [-0.15, -0.1) is 11.3 Å². The normalized spacial score (nSPS) is 14.1. The number of aromatic amines is 2. The lowest BCUT2D eigenvalue weighted by Gasteiger charge is -2.11. The minimum atomic E-state index is -0.448. The SMILES string of the molecule is CC(C)c1ccc(-c2nc(CN3Cc4[nH]c(=O)[nH]c(=O)c4C3)cs2)cc1. The molecule has 0 saturated carbocycles. The molecule has 0 aliphatic carbocycles. The maximum absolute atomic E-state index is 11.9. The molecule has 0 radical (unpaired) electrons. The van der Waals surface area contributed by atoms with Crippen molar-refractivity contribution in [3.05, 3.63) is 73.0 Å². The summed E-state index contributed by atoms with van der Waals surface area (Å²) in [6.45, 7) is 6.10. The van der Waals surface area contributed by atoms with Crippen LogP contribution in [0.25, 0.3) is 10.6 Å². The van der Waals surface area contributed by atoms with E-state index in [0.29, 0.717) is 36.8 Å². The summed E-state index contributed by atoms with van der Waals surface area (Å²) in [5.41, 5.74) is 4.02. The lowest BCUT2D eigenvalue weighted by atomic mass is 10.0. The van der Waals surface area contributed by atoms with Gasteiger partial charge in [-0.05, 0) is 11.5 Å². The molecule has 26 heavy (non-hydrogen) atoms. The molecule has 2 N–H and O–H groups in total. The predicted octanol–water partition coefficient (Wildman–Crippen LogP) is 2.83. The van der Waals surface area contributed by atoms with Gasteiger partial charge in [-0.25, -0.2) is 9.78 Å². The predicted molar refractivity (Wildman–Crippen MR) is 102 cm³/mol. The molecule has 0 saturated heterocycles. The molecular formula is C19H20N4O2S. The Morgan fingerprint density at radius 3 is 2.65 bits per heavy atom. The fourth-order valence-corrected chi connectivity index (χ4v) is 4.05. The number of aromatic nitrogens is 3. The third-order valence-corrected chi connectivity index (χ3v) is 5.60. The molecule has 0 fully saturated rings. The summed E-state index contributed by atoms with van der Waals surface area (Å²) >= 11 is 1.63. The Morgan fingerprint density at radius 1 is 1.15 bits per heavy atom. The van der Waals surface area contributed by atoms with Crippen LogP contribution >= 0.6 is 11.3 Å². The van der Waals surface area contributed by atoms with E-state index < -0.39 is 5.69 Å². The number of nitrogens with zero attached hydrogens (tertiary/aromatic N) is 2. The summed E-state index contributed by atoms with van der Waals surface area (Å²) in [7, 11) is 0. The molecule has 7 heteroatoms. The standard InChI is InChI=1S/C19H20N4O2S/c1-11(2)12-3-5-13(6-4-12)18-20-14(10-26-18)7-23-8-15-16(9-23)21-19(25)22-17(15)24/h3-6,10-11H,7-9H2,1-2H3,(H2,21,22,24,25). The third-order valence-electron chi connectivity index (χ3n) is 4.65. The van der Waals surface area contributed by atoms with Crippen LogP contribution in [0.5, 0.6) is 0 Å². The monoisotopic (exact) mass is 368 g/mol. The van der Waals surface area contributed by atoms with Gasteiger partial charge < -0.3 is 4.98 Å². The van der Waals surface area contributed by atoms with Crippen LogP contribution in [0.15, 0.2) is 39.2 Å². The number of H-pyrrole nitrogens is 2. The Morgan fingerprint density at radius 2 is 1.92 bits per heavy atom. The number of hydrogen-bond acceptors (Lipinski definition) is 5. The minimum absolute atomic E-state index is 0.296. The second-order valence-corrected chi connectivity index (χ2v) is 7.79. The van der Waals surface area contributed by atoms with Crippen LogP contribution in [0.2, 0.25) is 0 Å². The molecule has 4 rings (SSSR count). The number of benzene rings is 1. The van der Waals surface area contributed by atoms with E-state index in [1.54, 1.807) is 11.3 Å². The van der Waals surface area contributed by atoms with Crippen LogP contribution in [0.1, 0.15) is 42.3 Å². The van der Waals surface area contributed by atoms with Gasteiger partial charge in [-0.2, -0.15) is 0 Å².